The monoisotopic (exact) mass is 334 g/mol. The molecule has 126 valence electrons. The Balaban J connectivity index is 1.82. The highest BCUT2D eigenvalue weighted by molar-refractivity contribution is 7.80. The molecule has 1 atom stereocenters. The molecule has 1 aliphatic rings. The van der Waals surface area contributed by atoms with Crippen LogP contribution < -0.4 is 5.32 Å². The first-order valence-corrected chi connectivity index (χ1v) is 8.92. The van der Waals surface area contributed by atoms with Crippen molar-refractivity contribution in [1.82, 2.24) is 10.3 Å². The molecule has 1 fully saturated rings. The molecule has 1 aromatic rings. The summed E-state index contributed by atoms with van der Waals surface area (Å²) in [5.41, 5.74) is 0.629. The molecule has 1 aliphatic carbocycles. The largest absolute Gasteiger partial charge is 0.465 e. The summed E-state index contributed by atoms with van der Waals surface area (Å²) >= 11 is 5.26. The van der Waals surface area contributed by atoms with Crippen molar-refractivity contribution in [3.63, 3.8) is 0 Å². The first kappa shape index (κ1) is 17.9. The Morgan fingerprint density at radius 2 is 2.17 bits per heavy atom. The fourth-order valence-corrected chi connectivity index (χ4v) is 3.37. The first-order chi connectivity index (χ1) is 11.2. The lowest BCUT2D eigenvalue weighted by Crippen LogP contribution is -2.31. The summed E-state index contributed by atoms with van der Waals surface area (Å²) in [5.74, 6) is -0.120. The maximum atomic E-state index is 12.4. The van der Waals surface area contributed by atoms with Crippen LogP contribution in [0, 0.1) is 5.92 Å². The number of likely N-dealkylation sites (N-methyl/N-ethyl adjacent to an activating group) is 1. The number of esters is 1. The molecular formula is C18H26N2O2S. The first-order valence-electron chi connectivity index (χ1n) is 8.51. The van der Waals surface area contributed by atoms with Crippen LogP contribution in [0.3, 0.4) is 0 Å². The summed E-state index contributed by atoms with van der Waals surface area (Å²) in [6.45, 7) is 0.463. The summed E-state index contributed by atoms with van der Waals surface area (Å²) in [6, 6.07) is 5.47. The lowest BCUT2D eigenvalue weighted by atomic mass is 9.86. The smallest absolute Gasteiger partial charge is 0.322 e. The molecule has 0 radical (unpaired) electrons. The van der Waals surface area contributed by atoms with Gasteiger partial charge in [-0.3, -0.25) is 9.78 Å². The van der Waals surface area contributed by atoms with Gasteiger partial charge in [-0.15, -0.1) is 0 Å². The summed E-state index contributed by atoms with van der Waals surface area (Å²) in [4.78, 5) is 17.1. The number of nitrogens with zero attached hydrogens (tertiary/aromatic N) is 1. The lowest BCUT2D eigenvalue weighted by molar-refractivity contribution is -0.144. The second kappa shape index (κ2) is 9.60. The van der Waals surface area contributed by atoms with Crippen molar-refractivity contribution in [3.05, 3.63) is 30.1 Å². The number of rotatable bonds is 7. The van der Waals surface area contributed by atoms with E-state index >= 15 is 0 Å². The van der Waals surface area contributed by atoms with Crippen molar-refractivity contribution in [3.8, 4) is 0 Å². The molecule has 1 saturated carbocycles. The maximum Gasteiger partial charge on any atom is 0.322 e. The number of hydrogen-bond donors (Lipinski definition) is 1. The average Bonchev–Trinajstić information content (AvgIpc) is 2.60. The molecule has 1 aromatic heterocycles. The van der Waals surface area contributed by atoms with Crippen molar-refractivity contribution in [2.75, 3.05) is 13.7 Å². The normalized spacial score (nSPS) is 16.6. The number of carbonyl (C=O) groups is 1. The molecule has 1 unspecified atom stereocenters. The summed E-state index contributed by atoms with van der Waals surface area (Å²) in [7, 11) is 1.72. The van der Waals surface area contributed by atoms with Crippen LogP contribution in [0.15, 0.2) is 24.4 Å². The van der Waals surface area contributed by atoms with Crippen LogP contribution in [0.2, 0.25) is 0 Å². The van der Waals surface area contributed by atoms with Gasteiger partial charge in [-0.2, -0.15) is 0 Å². The highest BCUT2D eigenvalue weighted by Crippen LogP contribution is 2.27. The second-order valence-electron chi connectivity index (χ2n) is 6.12. The van der Waals surface area contributed by atoms with Gasteiger partial charge in [0.2, 0.25) is 0 Å². The molecule has 5 heteroatoms. The van der Waals surface area contributed by atoms with E-state index < -0.39 is 5.92 Å². The van der Waals surface area contributed by atoms with Crippen molar-refractivity contribution in [2.45, 2.75) is 50.9 Å². The fourth-order valence-electron chi connectivity index (χ4n) is 3.16. The third kappa shape index (κ3) is 5.57. The minimum absolute atomic E-state index is 0.313. The van der Waals surface area contributed by atoms with Crippen LogP contribution in [0.4, 0.5) is 0 Å². The van der Waals surface area contributed by atoms with Crippen LogP contribution in [0.25, 0.3) is 0 Å². The molecule has 0 spiro atoms. The third-order valence-corrected chi connectivity index (χ3v) is 4.89. The highest BCUT2D eigenvalue weighted by Gasteiger charge is 2.27. The number of nitrogens with one attached hydrogen (secondary N) is 1. The standard InChI is InChI=1S/C18H26N2O2S/c1-19-17(23)16(15-11-5-6-12-20-15)18(21)22-13-7-10-14-8-3-2-4-9-14/h5-6,11-12,14,16H,2-4,7-10,13H2,1H3,(H,19,23). The number of ether oxygens (including phenoxy) is 1. The molecule has 1 N–H and O–H groups in total. The molecule has 0 aliphatic heterocycles. The van der Waals surface area contributed by atoms with Crippen molar-refractivity contribution in [2.24, 2.45) is 5.92 Å². The molecule has 23 heavy (non-hydrogen) atoms. The average molecular weight is 334 g/mol. The van der Waals surface area contributed by atoms with Gasteiger partial charge in [0.1, 0.15) is 5.92 Å². The van der Waals surface area contributed by atoms with Gasteiger partial charge >= 0.3 is 5.97 Å². The molecule has 0 saturated heterocycles. The fraction of sp³-hybridized carbons (Fsp3) is 0.611. The van der Waals surface area contributed by atoms with E-state index in [1.807, 2.05) is 12.1 Å². The number of aromatic nitrogens is 1. The molecule has 4 nitrogen and oxygen atoms in total. The molecule has 2 rings (SSSR count). The summed E-state index contributed by atoms with van der Waals surface area (Å²) in [5, 5.41) is 2.88. The quantitative estimate of drug-likeness (QED) is 0.469. The van der Waals surface area contributed by atoms with Crippen molar-refractivity contribution >= 4 is 23.2 Å². The van der Waals surface area contributed by atoms with E-state index in [1.165, 1.54) is 32.1 Å². The van der Waals surface area contributed by atoms with Crippen LogP contribution in [-0.2, 0) is 9.53 Å². The zero-order valence-corrected chi connectivity index (χ0v) is 14.6. The van der Waals surface area contributed by atoms with Gasteiger partial charge in [-0.05, 0) is 30.9 Å². The predicted molar refractivity (Wildman–Crippen MR) is 95.4 cm³/mol. The maximum absolute atomic E-state index is 12.4. The summed E-state index contributed by atoms with van der Waals surface area (Å²) in [6.07, 6.45) is 10.5. The third-order valence-electron chi connectivity index (χ3n) is 4.45. The van der Waals surface area contributed by atoms with Crippen molar-refractivity contribution < 1.29 is 9.53 Å². The Labute approximate surface area is 144 Å². The number of carbonyl (C=O) groups excluding carboxylic acids is 1. The number of thiocarbonyl (C=S) groups is 1. The van der Waals surface area contributed by atoms with Crippen molar-refractivity contribution in [1.29, 1.82) is 0 Å². The van der Waals surface area contributed by atoms with Gasteiger partial charge in [0.15, 0.2) is 0 Å². The van der Waals surface area contributed by atoms with E-state index in [2.05, 4.69) is 10.3 Å². The molecule has 0 amide bonds. The minimum atomic E-state index is -0.620. The van der Waals surface area contributed by atoms with Gasteiger partial charge in [0.05, 0.1) is 17.3 Å². The van der Waals surface area contributed by atoms with E-state index in [-0.39, 0.29) is 5.97 Å². The Morgan fingerprint density at radius 3 is 2.83 bits per heavy atom. The van der Waals surface area contributed by atoms with E-state index in [1.54, 1.807) is 19.3 Å². The summed E-state index contributed by atoms with van der Waals surface area (Å²) < 4.78 is 5.47. The molecular weight excluding hydrogens is 308 g/mol. The topological polar surface area (TPSA) is 51.2 Å². The molecule has 0 aromatic carbocycles. The van der Waals surface area contributed by atoms with Gasteiger partial charge < -0.3 is 10.1 Å². The predicted octanol–water partition coefficient (Wildman–Crippen LogP) is 3.62. The van der Waals surface area contributed by atoms with Gasteiger partial charge in [-0.1, -0.05) is 50.4 Å². The molecule has 0 bridgehead atoms. The van der Waals surface area contributed by atoms with Gasteiger partial charge in [0, 0.05) is 13.2 Å². The van der Waals surface area contributed by atoms with E-state index in [9.17, 15) is 4.79 Å². The Kier molecular flexibility index (Phi) is 7.46. The van der Waals surface area contributed by atoms with E-state index in [4.69, 9.17) is 17.0 Å². The van der Waals surface area contributed by atoms with Crippen LogP contribution in [0.5, 0.6) is 0 Å². The van der Waals surface area contributed by atoms with Crippen LogP contribution >= 0.6 is 12.2 Å². The van der Waals surface area contributed by atoms with E-state index in [0.29, 0.717) is 17.3 Å². The van der Waals surface area contributed by atoms with Crippen LogP contribution in [0.1, 0.15) is 56.6 Å². The Morgan fingerprint density at radius 1 is 1.39 bits per heavy atom. The zero-order chi connectivity index (χ0) is 16.5. The number of hydrogen-bond acceptors (Lipinski definition) is 4. The Hall–Kier alpha value is -1.49. The lowest BCUT2D eigenvalue weighted by Gasteiger charge is -2.21. The SMILES string of the molecule is CNC(=S)C(C(=O)OCCCC1CCCCC1)c1ccccn1. The highest BCUT2D eigenvalue weighted by atomic mass is 32.1. The Bertz CT molecular complexity index is 501. The van der Waals surface area contributed by atoms with E-state index in [0.717, 1.165) is 18.8 Å². The van der Waals surface area contributed by atoms with Crippen LogP contribution in [-0.4, -0.2) is 29.6 Å². The number of pyridine rings is 1. The van der Waals surface area contributed by atoms with Gasteiger partial charge in [0.25, 0.3) is 0 Å². The zero-order valence-electron chi connectivity index (χ0n) is 13.8. The second-order valence-corrected chi connectivity index (χ2v) is 6.56. The minimum Gasteiger partial charge on any atom is -0.465 e. The molecule has 1 heterocycles. The van der Waals surface area contributed by atoms with Gasteiger partial charge in [-0.25, -0.2) is 0 Å².